The molecule has 0 aliphatic heterocycles. The second-order valence-corrected chi connectivity index (χ2v) is 2.36. The Morgan fingerprint density at radius 2 is 2.00 bits per heavy atom. The summed E-state index contributed by atoms with van der Waals surface area (Å²) in [6, 6.07) is 0.238. The molecule has 0 atom stereocenters. The lowest BCUT2D eigenvalue weighted by Gasteiger charge is -2.03. The van der Waals surface area contributed by atoms with Gasteiger partial charge in [0.05, 0.1) is 6.61 Å². The Balaban J connectivity index is 2.56. The van der Waals surface area contributed by atoms with E-state index in [0.717, 1.165) is 0 Å². The number of aryl methyl sites for hydroxylation is 1. The van der Waals surface area contributed by atoms with E-state index >= 15 is 0 Å². The molecule has 0 fully saturated rings. The second-order valence-electron chi connectivity index (χ2n) is 2.36. The van der Waals surface area contributed by atoms with Crippen molar-refractivity contribution in [3.8, 4) is 6.01 Å². The van der Waals surface area contributed by atoms with Crippen LogP contribution in [0, 0.1) is 6.92 Å². The van der Waals surface area contributed by atoms with Crippen LogP contribution in [0.5, 0.6) is 6.01 Å². The average molecular weight is 184 g/mol. The van der Waals surface area contributed by atoms with Gasteiger partial charge in [-0.3, -0.25) is 0 Å². The van der Waals surface area contributed by atoms with Crippen LogP contribution >= 0.6 is 0 Å². The van der Waals surface area contributed by atoms with E-state index in [2.05, 4.69) is 15.0 Å². The van der Waals surface area contributed by atoms with E-state index in [1.807, 2.05) is 0 Å². The summed E-state index contributed by atoms with van der Waals surface area (Å²) >= 11 is 0. The monoisotopic (exact) mass is 184 g/mol. The van der Waals surface area contributed by atoms with Crippen molar-refractivity contribution in [1.29, 1.82) is 0 Å². The topological polar surface area (TPSA) is 83.2 Å². The minimum atomic E-state index is 0.167. The molecule has 13 heavy (non-hydrogen) atoms. The molecule has 0 spiro atoms. The molecule has 1 aromatic rings. The first-order valence-corrected chi connectivity index (χ1v) is 3.82. The third-order valence-corrected chi connectivity index (χ3v) is 1.26. The Hall–Kier alpha value is -1.43. The molecule has 0 bridgehead atoms. The van der Waals surface area contributed by atoms with Crippen LogP contribution in [0.3, 0.4) is 0 Å². The van der Waals surface area contributed by atoms with Crippen molar-refractivity contribution in [3.05, 3.63) is 5.82 Å². The van der Waals surface area contributed by atoms with E-state index in [0.29, 0.717) is 19.0 Å². The minimum Gasteiger partial charge on any atom is -0.461 e. The molecule has 0 saturated heterocycles. The molecule has 0 aromatic carbocycles. The quantitative estimate of drug-likeness (QED) is 0.652. The number of anilines is 1. The van der Waals surface area contributed by atoms with Gasteiger partial charge < -0.3 is 15.2 Å². The number of nitrogens with two attached hydrogens (primary N) is 1. The highest BCUT2D eigenvalue weighted by atomic mass is 16.5. The second kappa shape index (κ2) is 4.56. The average Bonchev–Trinajstić information content (AvgIpc) is 2.03. The maximum Gasteiger partial charge on any atom is 0.321 e. The summed E-state index contributed by atoms with van der Waals surface area (Å²) in [7, 11) is 1.59. The Bertz CT molecular complexity index is 259. The summed E-state index contributed by atoms with van der Waals surface area (Å²) in [6.45, 7) is 2.62. The van der Waals surface area contributed by atoms with Crippen molar-refractivity contribution in [2.45, 2.75) is 6.92 Å². The molecular formula is C7H12N4O2. The lowest BCUT2D eigenvalue weighted by atomic mass is 10.7. The molecule has 72 valence electrons. The lowest BCUT2D eigenvalue weighted by molar-refractivity contribution is 0.140. The zero-order valence-electron chi connectivity index (χ0n) is 7.65. The zero-order chi connectivity index (χ0) is 9.68. The SMILES string of the molecule is COCCOc1nc(C)nc(N)n1. The third kappa shape index (κ3) is 3.20. The molecule has 6 nitrogen and oxygen atoms in total. The van der Waals surface area contributed by atoms with Gasteiger partial charge in [0.15, 0.2) is 0 Å². The summed E-state index contributed by atoms with van der Waals surface area (Å²) in [5.74, 6) is 0.708. The third-order valence-electron chi connectivity index (χ3n) is 1.26. The molecule has 1 rings (SSSR count). The smallest absolute Gasteiger partial charge is 0.321 e. The van der Waals surface area contributed by atoms with E-state index in [9.17, 15) is 0 Å². The fraction of sp³-hybridized carbons (Fsp3) is 0.571. The number of hydrogen-bond donors (Lipinski definition) is 1. The fourth-order valence-electron chi connectivity index (χ4n) is 0.758. The van der Waals surface area contributed by atoms with E-state index in [1.165, 1.54) is 0 Å². The summed E-state index contributed by atoms with van der Waals surface area (Å²) in [6.07, 6.45) is 0. The van der Waals surface area contributed by atoms with Gasteiger partial charge in [0.1, 0.15) is 12.4 Å². The van der Waals surface area contributed by atoms with E-state index < -0.39 is 0 Å². The van der Waals surface area contributed by atoms with E-state index in [-0.39, 0.29) is 12.0 Å². The van der Waals surface area contributed by atoms with Crippen molar-refractivity contribution >= 4 is 5.95 Å². The highest BCUT2D eigenvalue weighted by Crippen LogP contribution is 2.03. The van der Waals surface area contributed by atoms with Gasteiger partial charge in [-0.1, -0.05) is 0 Å². The number of rotatable bonds is 4. The number of aromatic nitrogens is 3. The molecule has 0 unspecified atom stereocenters. The van der Waals surface area contributed by atoms with Crippen molar-refractivity contribution in [2.75, 3.05) is 26.1 Å². The number of nitrogen functional groups attached to an aromatic ring is 1. The Morgan fingerprint density at radius 3 is 2.62 bits per heavy atom. The van der Waals surface area contributed by atoms with Crippen LogP contribution in [0.1, 0.15) is 5.82 Å². The van der Waals surface area contributed by atoms with Gasteiger partial charge in [0, 0.05) is 7.11 Å². The number of ether oxygens (including phenoxy) is 2. The van der Waals surface area contributed by atoms with Crippen LogP contribution in [-0.4, -0.2) is 35.3 Å². The molecule has 1 heterocycles. The van der Waals surface area contributed by atoms with Crippen LogP contribution in [0.4, 0.5) is 5.95 Å². The van der Waals surface area contributed by atoms with Crippen molar-refractivity contribution in [2.24, 2.45) is 0 Å². The van der Waals surface area contributed by atoms with E-state index in [1.54, 1.807) is 14.0 Å². The Labute approximate surface area is 76.1 Å². The highest BCUT2D eigenvalue weighted by Gasteiger charge is 2.00. The molecule has 6 heteroatoms. The van der Waals surface area contributed by atoms with Crippen LogP contribution in [0.15, 0.2) is 0 Å². The fourth-order valence-corrected chi connectivity index (χ4v) is 0.758. The van der Waals surface area contributed by atoms with Crippen molar-refractivity contribution in [3.63, 3.8) is 0 Å². The van der Waals surface area contributed by atoms with Gasteiger partial charge in [0.25, 0.3) is 0 Å². The molecule has 0 amide bonds. The molecule has 0 radical (unpaired) electrons. The van der Waals surface area contributed by atoms with Gasteiger partial charge in [-0.15, -0.1) is 0 Å². The molecule has 1 aromatic heterocycles. The van der Waals surface area contributed by atoms with Gasteiger partial charge in [0.2, 0.25) is 5.95 Å². The number of nitrogens with zero attached hydrogens (tertiary/aromatic N) is 3. The molecule has 0 saturated carbocycles. The first-order valence-electron chi connectivity index (χ1n) is 3.82. The van der Waals surface area contributed by atoms with Gasteiger partial charge >= 0.3 is 6.01 Å². The van der Waals surface area contributed by atoms with Gasteiger partial charge in [-0.05, 0) is 6.92 Å². The molecule has 0 aliphatic rings. The van der Waals surface area contributed by atoms with Gasteiger partial charge in [-0.25, -0.2) is 0 Å². The maximum atomic E-state index is 5.39. The zero-order valence-corrected chi connectivity index (χ0v) is 7.65. The predicted molar refractivity (Wildman–Crippen MR) is 46.3 cm³/mol. The lowest BCUT2D eigenvalue weighted by Crippen LogP contribution is -2.09. The molecule has 2 N–H and O–H groups in total. The Kier molecular flexibility index (Phi) is 3.39. The number of methoxy groups -OCH3 is 1. The summed E-state index contributed by atoms with van der Waals surface area (Å²) in [4.78, 5) is 11.5. The summed E-state index contributed by atoms with van der Waals surface area (Å²) < 4.78 is 9.94. The van der Waals surface area contributed by atoms with Crippen molar-refractivity contribution in [1.82, 2.24) is 15.0 Å². The highest BCUT2D eigenvalue weighted by molar-refractivity contribution is 5.17. The minimum absolute atomic E-state index is 0.167. The van der Waals surface area contributed by atoms with Crippen molar-refractivity contribution < 1.29 is 9.47 Å². The predicted octanol–water partition coefficient (Wildman–Crippen LogP) is -0.213. The van der Waals surface area contributed by atoms with Crippen LogP contribution in [0.2, 0.25) is 0 Å². The number of hydrogen-bond acceptors (Lipinski definition) is 6. The standard InChI is InChI=1S/C7H12N4O2/c1-5-9-6(8)11-7(10-5)13-4-3-12-2/h3-4H2,1-2H3,(H2,8,9,10,11). The largest absolute Gasteiger partial charge is 0.461 e. The molecular weight excluding hydrogens is 172 g/mol. The van der Waals surface area contributed by atoms with E-state index in [4.69, 9.17) is 15.2 Å². The van der Waals surface area contributed by atoms with Crippen LogP contribution in [-0.2, 0) is 4.74 Å². The first kappa shape index (κ1) is 9.66. The maximum absolute atomic E-state index is 5.39. The molecule has 0 aliphatic carbocycles. The summed E-state index contributed by atoms with van der Waals surface area (Å²) in [5.41, 5.74) is 5.39. The van der Waals surface area contributed by atoms with Crippen LogP contribution < -0.4 is 10.5 Å². The van der Waals surface area contributed by atoms with Gasteiger partial charge in [-0.2, -0.15) is 15.0 Å². The normalized spacial score (nSPS) is 10.0. The summed E-state index contributed by atoms with van der Waals surface area (Å²) in [5, 5.41) is 0. The Morgan fingerprint density at radius 1 is 1.23 bits per heavy atom. The first-order chi connectivity index (χ1) is 6.22. The van der Waals surface area contributed by atoms with Crippen LogP contribution in [0.25, 0.3) is 0 Å².